The molecule has 5 N–H and O–H groups in total. The van der Waals surface area contributed by atoms with E-state index in [4.69, 9.17) is 26.5 Å². The maximum atomic E-state index is 10.7. The molecule has 1 fully saturated rings. The minimum atomic E-state index is -1.79. The van der Waals surface area contributed by atoms with Crippen molar-refractivity contribution in [3.63, 3.8) is 0 Å². The van der Waals surface area contributed by atoms with Crippen LogP contribution in [-0.4, -0.2) is 64.3 Å². The van der Waals surface area contributed by atoms with Crippen LogP contribution in [0.2, 0.25) is 5.02 Å². The zero-order chi connectivity index (χ0) is 22.8. The van der Waals surface area contributed by atoms with Crippen molar-refractivity contribution < 1.29 is 29.9 Å². The third-order valence-electron chi connectivity index (χ3n) is 5.75. The summed E-state index contributed by atoms with van der Waals surface area (Å²) in [5.74, 6) is -1.79. The quantitative estimate of drug-likeness (QED) is 0.412. The fourth-order valence-electron chi connectivity index (χ4n) is 3.84. The number of rotatable bonds is 7. The summed E-state index contributed by atoms with van der Waals surface area (Å²) in [7, 11) is 1.32. The molecule has 1 aliphatic heterocycles. The number of aliphatic hydroxyl groups excluding tert-OH is 4. The topological polar surface area (TPSA) is 123 Å². The molecule has 0 aromatic heterocycles. The van der Waals surface area contributed by atoms with Crippen LogP contribution in [0.15, 0.2) is 42.5 Å². The fraction of sp³-hybridized carbons (Fsp3) is 0.435. The maximum Gasteiger partial charge on any atom is 0.224 e. The highest BCUT2D eigenvalue weighted by Crippen LogP contribution is 2.40. The number of aliphatic hydroxyl groups is 4. The molecule has 5 atom stereocenters. The van der Waals surface area contributed by atoms with Crippen LogP contribution in [0, 0.1) is 5.41 Å². The van der Waals surface area contributed by atoms with Gasteiger partial charge in [0.05, 0.1) is 6.61 Å². The van der Waals surface area contributed by atoms with Crippen molar-refractivity contribution in [2.45, 2.75) is 50.0 Å². The molecule has 31 heavy (non-hydrogen) atoms. The van der Waals surface area contributed by atoms with Crippen LogP contribution < -0.4 is 0 Å². The van der Waals surface area contributed by atoms with Gasteiger partial charge in [-0.2, -0.15) is 0 Å². The Morgan fingerprint density at radius 2 is 1.81 bits per heavy atom. The Morgan fingerprint density at radius 1 is 1.13 bits per heavy atom. The standard InChI is InChI=1S/C23H28ClNO6/c1-3-18(25)14-6-4-13(5-7-14)10-15-11-16(8-9-17(15)24)23(30-2)22(29)21(28)20(27)19(12-26)31-23/h4-9,11,19-22,25-29H,3,10,12H2,1-2H3/t19-,20-,21+,22-,23+/m1/s1. The monoisotopic (exact) mass is 449 g/mol. The van der Waals surface area contributed by atoms with Gasteiger partial charge in [-0.1, -0.05) is 48.9 Å². The summed E-state index contributed by atoms with van der Waals surface area (Å²) in [4.78, 5) is 0. The lowest BCUT2D eigenvalue weighted by atomic mass is 9.87. The van der Waals surface area contributed by atoms with E-state index in [1.165, 1.54) is 7.11 Å². The Labute approximate surface area is 186 Å². The van der Waals surface area contributed by atoms with Crippen molar-refractivity contribution in [3.8, 4) is 0 Å². The van der Waals surface area contributed by atoms with Gasteiger partial charge < -0.3 is 35.3 Å². The van der Waals surface area contributed by atoms with E-state index in [1.807, 2.05) is 31.2 Å². The molecule has 0 spiro atoms. The van der Waals surface area contributed by atoms with Gasteiger partial charge >= 0.3 is 0 Å². The summed E-state index contributed by atoms with van der Waals surface area (Å²) >= 11 is 6.41. The zero-order valence-corrected chi connectivity index (χ0v) is 18.2. The Morgan fingerprint density at radius 3 is 2.39 bits per heavy atom. The summed E-state index contributed by atoms with van der Waals surface area (Å²) in [6, 6.07) is 12.6. The maximum absolute atomic E-state index is 10.7. The second kappa shape index (κ2) is 9.75. The van der Waals surface area contributed by atoms with E-state index in [-0.39, 0.29) is 0 Å². The number of nitrogens with one attached hydrogen (secondary N) is 1. The van der Waals surface area contributed by atoms with Gasteiger partial charge in [0.15, 0.2) is 0 Å². The first-order valence-electron chi connectivity index (χ1n) is 10.1. The summed E-state index contributed by atoms with van der Waals surface area (Å²) in [5, 5.41) is 49.1. The molecule has 1 heterocycles. The van der Waals surface area contributed by atoms with Gasteiger partial charge in [0.1, 0.15) is 24.4 Å². The van der Waals surface area contributed by atoms with Gasteiger partial charge in [0, 0.05) is 23.4 Å². The van der Waals surface area contributed by atoms with E-state index in [2.05, 4.69) is 0 Å². The molecule has 3 rings (SSSR count). The van der Waals surface area contributed by atoms with Crippen LogP contribution in [0.4, 0.5) is 0 Å². The summed E-state index contributed by atoms with van der Waals surface area (Å²) in [6.45, 7) is 1.38. The molecule has 1 saturated heterocycles. The second-order valence-electron chi connectivity index (χ2n) is 7.65. The number of ether oxygens (including phenoxy) is 2. The highest BCUT2D eigenvalue weighted by atomic mass is 35.5. The van der Waals surface area contributed by atoms with Gasteiger partial charge in [-0.15, -0.1) is 0 Å². The van der Waals surface area contributed by atoms with Crippen molar-refractivity contribution in [1.82, 2.24) is 0 Å². The lowest BCUT2D eigenvalue weighted by molar-refractivity contribution is -0.366. The molecule has 0 radical (unpaired) electrons. The second-order valence-corrected chi connectivity index (χ2v) is 8.06. The molecule has 0 unspecified atom stereocenters. The third kappa shape index (κ3) is 4.54. The van der Waals surface area contributed by atoms with E-state index in [0.29, 0.717) is 29.1 Å². The summed E-state index contributed by atoms with van der Waals surface area (Å²) in [6.07, 6.45) is -4.63. The summed E-state index contributed by atoms with van der Waals surface area (Å²) < 4.78 is 11.3. The van der Waals surface area contributed by atoms with E-state index in [9.17, 15) is 20.4 Å². The number of hydrogen-bond donors (Lipinski definition) is 5. The molecule has 8 heteroatoms. The SMILES string of the molecule is CCC(=N)c1ccc(Cc2cc([C@]3(OC)O[C@H](CO)[C@@H](O)[C@H](O)[C@H]3O)ccc2Cl)cc1. The largest absolute Gasteiger partial charge is 0.394 e. The average Bonchev–Trinajstić information content (AvgIpc) is 2.79. The normalized spacial score (nSPS) is 28.5. The lowest BCUT2D eigenvalue weighted by Gasteiger charge is -2.47. The summed E-state index contributed by atoms with van der Waals surface area (Å²) in [5.41, 5.74) is 3.55. The molecule has 2 aromatic rings. The predicted octanol–water partition coefficient (Wildman–Crippen LogP) is 1.98. The van der Waals surface area contributed by atoms with E-state index in [1.54, 1.807) is 18.2 Å². The first-order valence-corrected chi connectivity index (χ1v) is 10.5. The number of halogens is 1. The van der Waals surface area contributed by atoms with Crippen molar-refractivity contribution >= 4 is 17.3 Å². The molecule has 1 aliphatic rings. The molecule has 168 valence electrons. The van der Waals surface area contributed by atoms with E-state index < -0.39 is 36.8 Å². The van der Waals surface area contributed by atoms with Gasteiger partial charge in [-0.3, -0.25) is 0 Å². The first-order chi connectivity index (χ1) is 14.8. The molecule has 2 aromatic carbocycles. The molecule has 0 aliphatic carbocycles. The third-order valence-corrected chi connectivity index (χ3v) is 6.12. The van der Waals surface area contributed by atoms with Gasteiger partial charge in [0.25, 0.3) is 0 Å². The molecular weight excluding hydrogens is 422 g/mol. The Balaban J connectivity index is 1.94. The lowest BCUT2D eigenvalue weighted by Crippen LogP contribution is -2.64. The average molecular weight is 450 g/mol. The smallest absolute Gasteiger partial charge is 0.224 e. The van der Waals surface area contributed by atoms with Crippen LogP contribution in [0.1, 0.15) is 35.6 Å². The van der Waals surface area contributed by atoms with Crippen molar-refractivity contribution in [1.29, 1.82) is 5.41 Å². The van der Waals surface area contributed by atoms with Crippen LogP contribution in [0.25, 0.3) is 0 Å². The van der Waals surface area contributed by atoms with Crippen LogP contribution in [0.5, 0.6) is 0 Å². The fourth-order valence-corrected chi connectivity index (χ4v) is 4.03. The Hall–Kier alpha value is -1.84. The van der Waals surface area contributed by atoms with E-state index >= 15 is 0 Å². The van der Waals surface area contributed by atoms with Crippen LogP contribution in [-0.2, 0) is 21.7 Å². The number of benzene rings is 2. The van der Waals surface area contributed by atoms with Crippen LogP contribution in [0.3, 0.4) is 0 Å². The Kier molecular flexibility index (Phi) is 7.49. The van der Waals surface area contributed by atoms with Gasteiger partial charge in [0.2, 0.25) is 5.79 Å². The highest BCUT2D eigenvalue weighted by molar-refractivity contribution is 6.31. The number of hydrogen-bond acceptors (Lipinski definition) is 7. The Bertz CT molecular complexity index is 919. The zero-order valence-electron chi connectivity index (χ0n) is 17.5. The first kappa shape index (κ1) is 23.8. The predicted molar refractivity (Wildman–Crippen MR) is 116 cm³/mol. The molecule has 0 amide bonds. The van der Waals surface area contributed by atoms with E-state index in [0.717, 1.165) is 16.7 Å². The van der Waals surface area contributed by atoms with Crippen molar-refractivity contribution in [2.24, 2.45) is 0 Å². The molecular formula is C23H28ClNO6. The van der Waals surface area contributed by atoms with Crippen LogP contribution >= 0.6 is 11.6 Å². The molecule has 0 saturated carbocycles. The molecule has 0 bridgehead atoms. The molecule has 7 nitrogen and oxygen atoms in total. The van der Waals surface area contributed by atoms with Crippen molar-refractivity contribution in [3.05, 3.63) is 69.7 Å². The van der Waals surface area contributed by atoms with Gasteiger partial charge in [-0.05, 0) is 41.7 Å². The highest BCUT2D eigenvalue weighted by Gasteiger charge is 2.55. The minimum Gasteiger partial charge on any atom is -0.394 e. The minimum absolute atomic E-state index is 0.399. The number of methoxy groups -OCH3 is 1. The van der Waals surface area contributed by atoms with Crippen molar-refractivity contribution in [2.75, 3.05) is 13.7 Å². The van der Waals surface area contributed by atoms with Gasteiger partial charge in [-0.25, -0.2) is 0 Å².